The van der Waals surface area contributed by atoms with Gasteiger partial charge in [0.15, 0.2) is 11.8 Å². The molecule has 0 aliphatic carbocycles. The smallest absolute Gasteiger partial charge is 0.274 e. The molecule has 0 aliphatic rings. The van der Waals surface area contributed by atoms with Gasteiger partial charge in [0, 0.05) is 18.3 Å². The molecule has 0 fully saturated rings. The number of carbonyl (C=O) groups excluding carboxylic acids is 2. The molecule has 1 aromatic carbocycles. The highest BCUT2D eigenvalue weighted by Crippen LogP contribution is 2.26. The van der Waals surface area contributed by atoms with E-state index in [9.17, 15) is 9.59 Å². The maximum Gasteiger partial charge on any atom is 0.274 e. The summed E-state index contributed by atoms with van der Waals surface area (Å²) in [7, 11) is 0. The molecule has 0 aliphatic heterocycles. The number of rotatable bonds is 7. The van der Waals surface area contributed by atoms with Crippen LogP contribution in [0.1, 0.15) is 17.3 Å². The second kappa shape index (κ2) is 9.12. The Bertz CT molecular complexity index is 947. The number of hydroxylamine groups is 1. The molecule has 0 bridgehead atoms. The number of hydrogen-bond donors (Lipinski definition) is 1. The number of halogens is 1. The van der Waals surface area contributed by atoms with E-state index in [2.05, 4.69) is 15.6 Å². The normalized spacial score (nSPS) is 10.5. The van der Waals surface area contributed by atoms with Crippen molar-refractivity contribution in [2.45, 2.75) is 6.92 Å². The zero-order chi connectivity index (χ0) is 19.9. The van der Waals surface area contributed by atoms with Crippen molar-refractivity contribution in [3.05, 3.63) is 71.8 Å². The Morgan fingerprint density at radius 1 is 1.21 bits per heavy atom. The molecule has 0 saturated heterocycles. The van der Waals surface area contributed by atoms with Crippen molar-refractivity contribution < 1.29 is 14.4 Å². The van der Waals surface area contributed by atoms with Crippen molar-refractivity contribution in [2.75, 3.05) is 18.1 Å². The van der Waals surface area contributed by atoms with E-state index in [1.54, 1.807) is 66.6 Å². The van der Waals surface area contributed by atoms with E-state index in [-0.39, 0.29) is 17.7 Å². The number of amides is 2. The summed E-state index contributed by atoms with van der Waals surface area (Å²) in [5.41, 5.74) is 3.85. The number of hydrogen-bond acceptors (Lipinski definition) is 5. The molecule has 2 aromatic heterocycles. The van der Waals surface area contributed by atoms with Crippen LogP contribution in [0.4, 0.5) is 5.69 Å². The maximum atomic E-state index is 12.5. The minimum absolute atomic E-state index is 0.173. The quantitative estimate of drug-likeness (QED) is 0.617. The fourth-order valence-electron chi connectivity index (χ4n) is 2.52. The van der Waals surface area contributed by atoms with E-state index in [1.165, 1.54) is 4.90 Å². The minimum atomic E-state index is -0.432. The first-order valence-electron chi connectivity index (χ1n) is 8.53. The zero-order valence-corrected chi connectivity index (χ0v) is 15.8. The van der Waals surface area contributed by atoms with Gasteiger partial charge in [0.05, 0.1) is 18.1 Å². The Hall–Kier alpha value is -3.23. The highest BCUT2D eigenvalue weighted by molar-refractivity contribution is 6.32. The molecule has 2 heterocycles. The lowest BCUT2D eigenvalue weighted by Gasteiger charge is -2.19. The molecule has 0 unspecified atom stereocenters. The van der Waals surface area contributed by atoms with Crippen LogP contribution >= 0.6 is 11.6 Å². The van der Waals surface area contributed by atoms with Crippen molar-refractivity contribution in [1.29, 1.82) is 0 Å². The highest BCUT2D eigenvalue weighted by Gasteiger charge is 2.21. The van der Waals surface area contributed by atoms with Gasteiger partial charge in [-0.2, -0.15) is 5.10 Å². The van der Waals surface area contributed by atoms with Gasteiger partial charge >= 0.3 is 0 Å². The van der Waals surface area contributed by atoms with Gasteiger partial charge in [0.25, 0.3) is 11.8 Å². The number of likely N-dealkylation sites (N-methyl/N-ethyl adjacent to an activating group) is 1. The fraction of sp³-hybridized carbons (Fsp3) is 0.158. The van der Waals surface area contributed by atoms with Crippen LogP contribution < -0.4 is 10.4 Å². The molecule has 0 saturated carbocycles. The molecular formula is C19H18ClN5O3. The summed E-state index contributed by atoms with van der Waals surface area (Å²) >= 11 is 6.22. The number of aromatic nitrogens is 3. The Labute approximate surface area is 166 Å². The topological polar surface area (TPSA) is 89.4 Å². The van der Waals surface area contributed by atoms with Crippen LogP contribution in [0.5, 0.6) is 0 Å². The van der Waals surface area contributed by atoms with Gasteiger partial charge in [-0.3, -0.25) is 19.4 Å². The SMILES string of the molecule is CCN(C(=O)CONC(=O)c1ccccc1)c1cn(-c2cccnc2)nc1Cl. The number of pyridine rings is 1. The number of benzene rings is 1. The minimum Gasteiger partial charge on any atom is -0.306 e. The summed E-state index contributed by atoms with van der Waals surface area (Å²) in [6.07, 6.45) is 4.93. The first kappa shape index (κ1) is 19.5. The molecule has 28 heavy (non-hydrogen) atoms. The number of carbonyl (C=O) groups is 2. The van der Waals surface area contributed by atoms with Crippen LogP contribution in [0.15, 0.2) is 61.1 Å². The Morgan fingerprint density at radius 3 is 2.68 bits per heavy atom. The van der Waals surface area contributed by atoms with Crippen LogP contribution in [-0.4, -0.2) is 39.7 Å². The third-order valence-corrected chi connectivity index (χ3v) is 4.14. The summed E-state index contributed by atoms with van der Waals surface area (Å²) in [6.45, 7) is 1.81. The zero-order valence-electron chi connectivity index (χ0n) is 15.1. The van der Waals surface area contributed by atoms with Gasteiger partial charge in [-0.25, -0.2) is 10.2 Å². The molecule has 3 rings (SSSR count). The average Bonchev–Trinajstić information content (AvgIpc) is 3.11. The third-order valence-electron chi connectivity index (χ3n) is 3.87. The van der Waals surface area contributed by atoms with Crippen molar-refractivity contribution in [1.82, 2.24) is 20.2 Å². The van der Waals surface area contributed by atoms with E-state index < -0.39 is 5.91 Å². The fourth-order valence-corrected chi connectivity index (χ4v) is 2.75. The standard InChI is InChI=1S/C19H18ClN5O3/c1-2-24(16-12-25(22-18(16)20)15-9-6-10-21-11-15)17(26)13-28-23-19(27)14-7-4-3-5-8-14/h3-12H,2,13H2,1H3,(H,23,27). The summed E-state index contributed by atoms with van der Waals surface area (Å²) in [4.78, 5) is 35.0. The van der Waals surface area contributed by atoms with Gasteiger partial charge in [-0.1, -0.05) is 29.8 Å². The Morgan fingerprint density at radius 2 is 2.00 bits per heavy atom. The number of nitrogens with one attached hydrogen (secondary N) is 1. The summed E-state index contributed by atoms with van der Waals surface area (Å²) in [6, 6.07) is 12.2. The Balaban J connectivity index is 1.64. The maximum absolute atomic E-state index is 12.5. The first-order chi connectivity index (χ1) is 13.6. The van der Waals surface area contributed by atoms with Crippen LogP contribution in [0, 0.1) is 0 Å². The number of nitrogens with zero attached hydrogens (tertiary/aromatic N) is 4. The van der Waals surface area contributed by atoms with E-state index in [0.29, 0.717) is 23.5 Å². The molecule has 0 atom stereocenters. The molecule has 3 aromatic rings. The summed E-state index contributed by atoms with van der Waals surface area (Å²) in [5.74, 6) is -0.803. The predicted molar refractivity (Wildman–Crippen MR) is 104 cm³/mol. The van der Waals surface area contributed by atoms with Crippen molar-refractivity contribution in [3.63, 3.8) is 0 Å². The molecule has 1 N–H and O–H groups in total. The largest absolute Gasteiger partial charge is 0.306 e. The monoisotopic (exact) mass is 399 g/mol. The first-order valence-corrected chi connectivity index (χ1v) is 8.91. The van der Waals surface area contributed by atoms with Crippen LogP contribution in [0.2, 0.25) is 5.15 Å². The summed E-state index contributed by atoms with van der Waals surface area (Å²) < 4.78 is 1.54. The average molecular weight is 400 g/mol. The molecule has 8 nitrogen and oxygen atoms in total. The lowest BCUT2D eigenvalue weighted by Crippen LogP contribution is -2.36. The van der Waals surface area contributed by atoms with E-state index in [0.717, 1.165) is 0 Å². The summed E-state index contributed by atoms with van der Waals surface area (Å²) in [5, 5.41) is 4.39. The van der Waals surface area contributed by atoms with Gasteiger partial charge in [0.1, 0.15) is 5.69 Å². The van der Waals surface area contributed by atoms with Gasteiger partial charge in [-0.15, -0.1) is 0 Å². The second-order valence-electron chi connectivity index (χ2n) is 5.68. The van der Waals surface area contributed by atoms with Gasteiger partial charge < -0.3 is 4.90 Å². The lowest BCUT2D eigenvalue weighted by molar-refractivity contribution is -0.124. The molecule has 144 valence electrons. The Kier molecular flexibility index (Phi) is 6.36. The second-order valence-corrected chi connectivity index (χ2v) is 6.04. The molecule has 0 spiro atoms. The number of anilines is 1. The van der Waals surface area contributed by atoms with E-state index in [4.69, 9.17) is 16.4 Å². The van der Waals surface area contributed by atoms with E-state index in [1.807, 2.05) is 6.07 Å². The van der Waals surface area contributed by atoms with Crippen LogP contribution in [-0.2, 0) is 9.63 Å². The lowest BCUT2D eigenvalue weighted by atomic mass is 10.2. The third kappa shape index (κ3) is 4.54. The van der Waals surface area contributed by atoms with Gasteiger partial charge in [0.2, 0.25) is 0 Å². The predicted octanol–water partition coefficient (Wildman–Crippen LogP) is 2.64. The van der Waals surface area contributed by atoms with E-state index >= 15 is 0 Å². The molecule has 9 heteroatoms. The van der Waals surface area contributed by atoms with Crippen molar-refractivity contribution >= 4 is 29.1 Å². The van der Waals surface area contributed by atoms with Crippen molar-refractivity contribution in [2.24, 2.45) is 0 Å². The highest BCUT2D eigenvalue weighted by atomic mass is 35.5. The molecule has 2 amide bonds. The molecular weight excluding hydrogens is 382 g/mol. The molecule has 0 radical (unpaired) electrons. The van der Waals surface area contributed by atoms with Crippen LogP contribution in [0.25, 0.3) is 5.69 Å². The van der Waals surface area contributed by atoms with Crippen LogP contribution in [0.3, 0.4) is 0 Å². The van der Waals surface area contributed by atoms with Gasteiger partial charge in [-0.05, 0) is 31.2 Å². The van der Waals surface area contributed by atoms with Crippen molar-refractivity contribution in [3.8, 4) is 5.69 Å².